The molecule has 146 valence electrons. The lowest BCUT2D eigenvalue weighted by atomic mass is 9.85. The zero-order chi connectivity index (χ0) is 17.2. The highest BCUT2D eigenvalue weighted by atomic mass is 35.5. The van der Waals surface area contributed by atoms with E-state index in [1.54, 1.807) is 0 Å². The van der Waals surface area contributed by atoms with Gasteiger partial charge >= 0.3 is 0 Å². The summed E-state index contributed by atoms with van der Waals surface area (Å²) in [4.78, 5) is 23.9. The molecule has 2 rings (SSSR count). The molecule has 1 aliphatic carbocycles. The van der Waals surface area contributed by atoms with Gasteiger partial charge in [0.15, 0.2) is 0 Å². The molecule has 2 amide bonds. The first kappa shape index (κ1) is 22.2. The molecule has 2 aliphatic rings. The van der Waals surface area contributed by atoms with Crippen molar-refractivity contribution in [3.63, 3.8) is 0 Å². The molecular weight excluding hydrogens is 338 g/mol. The third kappa shape index (κ3) is 8.91. The van der Waals surface area contributed by atoms with Crippen molar-refractivity contribution in [3.05, 3.63) is 0 Å². The number of piperidine rings is 1. The van der Waals surface area contributed by atoms with Gasteiger partial charge in [0.2, 0.25) is 11.8 Å². The van der Waals surface area contributed by atoms with Crippen LogP contribution < -0.4 is 16.0 Å². The Hall–Kier alpha value is -0.810. The minimum absolute atomic E-state index is 0. The van der Waals surface area contributed by atoms with E-state index < -0.39 is 0 Å². The zero-order valence-electron chi connectivity index (χ0n) is 15.6. The van der Waals surface area contributed by atoms with Gasteiger partial charge in [-0.1, -0.05) is 26.2 Å². The van der Waals surface area contributed by atoms with E-state index in [-0.39, 0.29) is 24.2 Å². The van der Waals surface area contributed by atoms with Crippen LogP contribution in [0, 0.1) is 17.8 Å². The number of amides is 2. The first-order valence-corrected chi connectivity index (χ1v) is 9.89. The van der Waals surface area contributed by atoms with Crippen LogP contribution in [0.4, 0.5) is 0 Å². The number of halogens is 1. The molecule has 25 heavy (non-hydrogen) atoms. The van der Waals surface area contributed by atoms with E-state index in [2.05, 4.69) is 22.9 Å². The van der Waals surface area contributed by atoms with Crippen molar-refractivity contribution >= 4 is 24.2 Å². The first-order valence-electron chi connectivity index (χ1n) is 9.89. The average Bonchev–Trinajstić information content (AvgIpc) is 2.60. The lowest BCUT2D eigenvalue weighted by Gasteiger charge is -2.28. The second-order valence-electron chi connectivity index (χ2n) is 7.70. The largest absolute Gasteiger partial charge is 0.354 e. The van der Waals surface area contributed by atoms with Crippen LogP contribution in [0.25, 0.3) is 0 Å². The minimum Gasteiger partial charge on any atom is -0.354 e. The smallest absolute Gasteiger partial charge is 0.220 e. The van der Waals surface area contributed by atoms with E-state index in [1.165, 1.54) is 44.9 Å². The van der Waals surface area contributed by atoms with E-state index in [4.69, 9.17) is 0 Å². The predicted octanol–water partition coefficient (Wildman–Crippen LogP) is 2.64. The van der Waals surface area contributed by atoms with E-state index in [1.807, 2.05) is 0 Å². The Morgan fingerprint density at radius 3 is 2.32 bits per heavy atom. The van der Waals surface area contributed by atoms with E-state index in [0.29, 0.717) is 43.7 Å². The van der Waals surface area contributed by atoms with Gasteiger partial charge in [-0.15, -0.1) is 12.4 Å². The van der Waals surface area contributed by atoms with Crippen LogP contribution in [0.15, 0.2) is 0 Å². The Kier molecular flexibility index (Phi) is 11.1. The van der Waals surface area contributed by atoms with Gasteiger partial charge in [0.05, 0.1) is 0 Å². The molecule has 0 bridgehead atoms. The van der Waals surface area contributed by atoms with Gasteiger partial charge in [0.1, 0.15) is 0 Å². The van der Waals surface area contributed by atoms with Crippen LogP contribution in [0.1, 0.15) is 64.7 Å². The normalized spacial score (nSPS) is 22.5. The molecule has 6 heteroatoms. The van der Waals surface area contributed by atoms with Gasteiger partial charge in [-0.25, -0.2) is 0 Å². The number of hydrogen-bond acceptors (Lipinski definition) is 3. The van der Waals surface area contributed by atoms with Gasteiger partial charge in [-0.05, 0) is 56.5 Å². The summed E-state index contributed by atoms with van der Waals surface area (Å²) in [7, 11) is 0. The van der Waals surface area contributed by atoms with Crippen LogP contribution in [0.5, 0.6) is 0 Å². The number of carbonyl (C=O) groups excluding carboxylic acids is 2. The Labute approximate surface area is 158 Å². The summed E-state index contributed by atoms with van der Waals surface area (Å²) >= 11 is 0. The third-order valence-electron chi connectivity index (χ3n) is 5.62. The van der Waals surface area contributed by atoms with E-state index in [0.717, 1.165) is 13.1 Å². The molecule has 2 unspecified atom stereocenters. The summed E-state index contributed by atoms with van der Waals surface area (Å²) in [6, 6.07) is 0. The zero-order valence-corrected chi connectivity index (χ0v) is 16.5. The highest BCUT2D eigenvalue weighted by molar-refractivity contribution is 5.85. The van der Waals surface area contributed by atoms with Crippen molar-refractivity contribution in [2.24, 2.45) is 17.8 Å². The summed E-state index contributed by atoms with van der Waals surface area (Å²) in [5.41, 5.74) is 0. The second kappa shape index (κ2) is 12.5. The number of nitrogens with one attached hydrogen (secondary N) is 3. The maximum Gasteiger partial charge on any atom is 0.220 e. The molecule has 0 aromatic heterocycles. The molecule has 0 radical (unpaired) electrons. The lowest BCUT2D eigenvalue weighted by molar-refractivity contribution is -0.124. The van der Waals surface area contributed by atoms with Gasteiger partial charge in [-0.2, -0.15) is 0 Å². The van der Waals surface area contributed by atoms with Crippen molar-refractivity contribution in [2.45, 2.75) is 64.7 Å². The fraction of sp³-hybridized carbons (Fsp3) is 0.895. The standard InChI is InChI=1S/C19H35N3O2.ClH/c1-15(17-8-5-9-20-14-17)12-18(23)21-10-11-22-19(24)13-16-6-3-2-4-7-16;/h15-17,20H,2-14H2,1H3,(H,21,23)(H,22,24);1H. The van der Waals surface area contributed by atoms with Crippen molar-refractivity contribution in [1.29, 1.82) is 0 Å². The Morgan fingerprint density at radius 2 is 1.68 bits per heavy atom. The van der Waals surface area contributed by atoms with Crippen LogP contribution in [-0.4, -0.2) is 38.0 Å². The van der Waals surface area contributed by atoms with Gasteiger partial charge in [0.25, 0.3) is 0 Å². The Balaban J connectivity index is 0.00000312. The van der Waals surface area contributed by atoms with E-state index in [9.17, 15) is 9.59 Å². The summed E-state index contributed by atoms with van der Waals surface area (Å²) in [5.74, 6) is 1.84. The number of rotatable bonds is 8. The van der Waals surface area contributed by atoms with Crippen LogP contribution in [0.2, 0.25) is 0 Å². The molecule has 1 saturated heterocycles. The number of carbonyl (C=O) groups is 2. The van der Waals surface area contributed by atoms with Gasteiger partial charge in [0, 0.05) is 25.9 Å². The second-order valence-corrected chi connectivity index (χ2v) is 7.70. The van der Waals surface area contributed by atoms with Crippen molar-refractivity contribution in [1.82, 2.24) is 16.0 Å². The molecule has 0 spiro atoms. The fourth-order valence-electron chi connectivity index (χ4n) is 4.03. The highest BCUT2D eigenvalue weighted by Gasteiger charge is 2.22. The molecule has 5 nitrogen and oxygen atoms in total. The Bertz CT molecular complexity index is 394. The van der Waals surface area contributed by atoms with Crippen LogP contribution in [-0.2, 0) is 9.59 Å². The van der Waals surface area contributed by atoms with Gasteiger partial charge in [-0.3, -0.25) is 9.59 Å². The predicted molar refractivity (Wildman–Crippen MR) is 104 cm³/mol. The maximum absolute atomic E-state index is 12.0. The number of hydrogen-bond donors (Lipinski definition) is 3. The van der Waals surface area contributed by atoms with Gasteiger partial charge < -0.3 is 16.0 Å². The molecule has 0 aromatic rings. The highest BCUT2D eigenvalue weighted by Crippen LogP contribution is 2.26. The maximum atomic E-state index is 12.0. The van der Waals surface area contributed by atoms with Crippen LogP contribution in [0.3, 0.4) is 0 Å². The minimum atomic E-state index is 0. The molecule has 0 aromatic carbocycles. The molecule has 2 atom stereocenters. The van der Waals surface area contributed by atoms with Crippen molar-refractivity contribution < 1.29 is 9.59 Å². The SMILES string of the molecule is CC(CC(=O)NCCNC(=O)CC1CCCCC1)C1CCCNC1.Cl. The monoisotopic (exact) mass is 373 g/mol. The summed E-state index contributed by atoms with van der Waals surface area (Å²) in [6.07, 6.45) is 9.91. The molecule has 3 N–H and O–H groups in total. The first-order chi connectivity index (χ1) is 11.6. The van der Waals surface area contributed by atoms with E-state index >= 15 is 0 Å². The fourth-order valence-corrected chi connectivity index (χ4v) is 4.03. The molecule has 1 saturated carbocycles. The lowest BCUT2D eigenvalue weighted by Crippen LogP contribution is -2.38. The molecular formula is C19H36ClN3O2. The Morgan fingerprint density at radius 1 is 1.00 bits per heavy atom. The van der Waals surface area contributed by atoms with Crippen molar-refractivity contribution in [3.8, 4) is 0 Å². The third-order valence-corrected chi connectivity index (χ3v) is 5.62. The molecule has 1 aliphatic heterocycles. The molecule has 2 fully saturated rings. The van der Waals surface area contributed by atoms with Crippen molar-refractivity contribution in [2.75, 3.05) is 26.2 Å². The topological polar surface area (TPSA) is 70.2 Å². The summed E-state index contributed by atoms with van der Waals surface area (Å²) in [6.45, 7) is 5.38. The van der Waals surface area contributed by atoms with Crippen LogP contribution >= 0.6 is 12.4 Å². The summed E-state index contributed by atoms with van der Waals surface area (Å²) in [5, 5.41) is 9.28. The molecule has 1 heterocycles. The quantitative estimate of drug-likeness (QED) is 0.573. The summed E-state index contributed by atoms with van der Waals surface area (Å²) < 4.78 is 0. The average molecular weight is 374 g/mol.